The number of Topliss-reactive ketones (excluding diaryl/α,β-unsaturated/α-hetero) is 1. The number of hydrogen-bond donors (Lipinski definition) is 0. The zero-order valence-corrected chi connectivity index (χ0v) is 12.1. The predicted octanol–water partition coefficient (Wildman–Crippen LogP) is 2.55. The van der Waals surface area contributed by atoms with Crippen LogP contribution in [0.15, 0.2) is 0 Å². The topological polar surface area (TPSA) is 65.5 Å². The molecule has 1 unspecified atom stereocenters. The van der Waals surface area contributed by atoms with E-state index in [2.05, 4.69) is 4.98 Å². The maximum absolute atomic E-state index is 11.8. The summed E-state index contributed by atoms with van der Waals surface area (Å²) in [4.78, 5) is 28.1. The van der Waals surface area contributed by atoms with E-state index in [1.54, 1.807) is 6.92 Å². The van der Waals surface area contributed by atoms with Crippen LogP contribution in [0, 0.1) is 0 Å². The predicted molar refractivity (Wildman–Crippen MR) is 70.6 cm³/mol. The Bertz CT molecular complexity index is 503. The van der Waals surface area contributed by atoms with E-state index < -0.39 is 11.6 Å². The monoisotopic (exact) mass is 283 g/mol. The molecule has 19 heavy (non-hydrogen) atoms. The molecule has 1 aliphatic rings. The molecule has 5 nitrogen and oxygen atoms in total. The van der Waals surface area contributed by atoms with Crippen molar-refractivity contribution in [1.29, 1.82) is 0 Å². The van der Waals surface area contributed by atoms with Gasteiger partial charge in [-0.2, -0.15) is 0 Å². The Morgan fingerprint density at radius 2 is 2.26 bits per heavy atom. The lowest BCUT2D eigenvalue weighted by Crippen LogP contribution is -2.20. The van der Waals surface area contributed by atoms with E-state index in [1.165, 1.54) is 18.3 Å². The standard InChI is InChI=1S/C13H17NO4S/c1-4-17-11(16)9-10(8(2)15)19-12(14-9)13(3)6-5-7-18-13/h4-7H2,1-3H3. The number of ketones is 1. The van der Waals surface area contributed by atoms with Gasteiger partial charge in [0, 0.05) is 13.5 Å². The molecular weight excluding hydrogens is 266 g/mol. The van der Waals surface area contributed by atoms with Crippen LogP contribution < -0.4 is 0 Å². The van der Waals surface area contributed by atoms with Gasteiger partial charge in [0.2, 0.25) is 0 Å². The summed E-state index contributed by atoms with van der Waals surface area (Å²) in [7, 11) is 0. The molecule has 2 rings (SSSR count). The molecular formula is C13H17NO4S. The maximum Gasteiger partial charge on any atom is 0.358 e. The van der Waals surface area contributed by atoms with E-state index >= 15 is 0 Å². The molecule has 104 valence electrons. The van der Waals surface area contributed by atoms with Crippen molar-refractivity contribution >= 4 is 23.1 Å². The van der Waals surface area contributed by atoms with Crippen molar-refractivity contribution in [1.82, 2.24) is 4.98 Å². The van der Waals surface area contributed by atoms with Gasteiger partial charge >= 0.3 is 5.97 Å². The van der Waals surface area contributed by atoms with E-state index in [-0.39, 0.29) is 18.1 Å². The minimum Gasteiger partial charge on any atom is -0.461 e. The van der Waals surface area contributed by atoms with Crippen LogP contribution >= 0.6 is 11.3 Å². The molecule has 1 aromatic rings. The lowest BCUT2D eigenvalue weighted by Gasteiger charge is -2.19. The van der Waals surface area contributed by atoms with Crippen molar-refractivity contribution in [2.24, 2.45) is 0 Å². The molecule has 0 aromatic carbocycles. The Morgan fingerprint density at radius 3 is 2.79 bits per heavy atom. The SMILES string of the molecule is CCOC(=O)c1nc(C2(C)CCCO2)sc1C(C)=O. The van der Waals surface area contributed by atoms with Crippen molar-refractivity contribution in [2.45, 2.75) is 39.2 Å². The summed E-state index contributed by atoms with van der Waals surface area (Å²) in [5.41, 5.74) is -0.370. The highest BCUT2D eigenvalue weighted by atomic mass is 32.1. The first-order valence-corrected chi connectivity index (χ1v) is 7.13. The van der Waals surface area contributed by atoms with Crippen LogP contribution in [-0.2, 0) is 15.1 Å². The second-order valence-corrected chi connectivity index (χ2v) is 5.66. The summed E-state index contributed by atoms with van der Waals surface area (Å²) < 4.78 is 10.6. The summed E-state index contributed by atoms with van der Waals surface area (Å²) in [6.45, 7) is 6.03. The first-order valence-electron chi connectivity index (χ1n) is 6.31. The van der Waals surface area contributed by atoms with Gasteiger partial charge in [-0.15, -0.1) is 11.3 Å². The molecule has 1 saturated heterocycles. The van der Waals surface area contributed by atoms with Gasteiger partial charge in [-0.1, -0.05) is 0 Å². The molecule has 0 N–H and O–H groups in total. The van der Waals surface area contributed by atoms with E-state index in [0.29, 0.717) is 16.5 Å². The number of ether oxygens (including phenoxy) is 2. The highest BCUT2D eigenvalue weighted by molar-refractivity contribution is 7.14. The van der Waals surface area contributed by atoms with Gasteiger partial charge in [0.05, 0.1) is 6.61 Å². The number of rotatable bonds is 4. The van der Waals surface area contributed by atoms with Gasteiger partial charge in [-0.25, -0.2) is 9.78 Å². The molecule has 1 fully saturated rings. The molecule has 1 atom stereocenters. The fourth-order valence-electron chi connectivity index (χ4n) is 2.07. The lowest BCUT2D eigenvalue weighted by molar-refractivity contribution is 0.0164. The van der Waals surface area contributed by atoms with Gasteiger partial charge in [0.1, 0.15) is 15.5 Å². The molecule has 0 bridgehead atoms. The summed E-state index contributed by atoms with van der Waals surface area (Å²) >= 11 is 1.23. The number of nitrogens with zero attached hydrogens (tertiary/aromatic N) is 1. The Morgan fingerprint density at radius 1 is 1.53 bits per heavy atom. The van der Waals surface area contributed by atoms with Gasteiger partial charge in [0.15, 0.2) is 11.5 Å². The average molecular weight is 283 g/mol. The van der Waals surface area contributed by atoms with E-state index in [1.807, 2.05) is 6.92 Å². The van der Waals surface area contributed by atoms with E-state index in [0.717, 1.165) is 12.8 Å². The first-order chi connectivity index (χ1) is 8.98. The van der Waals surface area contributed by atoms with Gasteiger partial charge in [-0.3, -0.25) is 4.79 Å². The second-order valence-electron chi connectivity index (χ2n) is 4.66. The highest BCUT2D eigenvalue weighted by Crippen LogP contribution is 2.39. The first kappa shape index (κ1) is 14.1. The fraction of sp³-hybridized carbons (Fsp3) is 0.615. The number of aromatic nitrogens is 1. The number of hydrogen-bond acceptors (Lipinski definition) is 6. The number of thiazole rings is 1. The van der Waals surface area contributed by atoms with Crippen LogP contribution in [0.4, 0.5) is 0 Å². The zero-order valence-electron chi connectivity index (χ0n) is 11.3. The van der Waals surface area contributed by atoms with Crippen LogP contribution in [0.1, 0.15) is 58.8 Å². The number of esters is 1. The van der Waals surface area contributed by atoms with Crippen molar-refractivity contribution in [3.05, 3.63) is 15.6 Å². The van der Waals surface area contributed by atoms with Crippen LogP contribution in [0.25, 0.3) is 0 Å². The summed E-state index contributed by atoms with van der Waals surface area (Å²) in [5, 5.41) is 0.679. The average Bonchev–Trinajstić information content (AvgIpc) is 2.96. The molecule has 1 aromatic heterocycles. The molecule has 1 aliphatic heterocycles. The molecule has 0 radical (unpaired) electrons. The quantitative estimate of drug-likeness (QED) is 0.627. The fourth-order valence-corrected chi connectivity index (χ4v) is 3.15. The van der Waals surface area contributed by atoms with Gasteiger partial charge < -0.3 is 9.47 Å². The van der Waals surface area contributed by atoms with Crippen LogP contribution in [0.5, 0.6) is 0 Å². The minimum atomic E-state index is -0.545. The second kappa shape index (κ2) is 5.38. The van der Waals surface area contributed by atoms with Crippen LogP contribution in [0.2, 0.25) is 0 Å². The highest BCUT2D eigenvalue weighted by Gasteiger charge is 2.37. The molecule has 0 amide bonds. The number of carbonyl (C=O) groups is 2. The maximum atomic E-state index is 11.8. The van der Waals surface area contributed by atoms with Crippen LogP contribution in [-0.4, -0.2) is 30.0 Å². The van der Waals surface area contributed by atoms with E-state index in [4.69, 9.17) is 9.47 Å². The smallest absolute Gasteiger partial charge is 0.358 e. The minimum absolute atomic E-state index is 0.117. The Kier molecular flexibility index (Phi) is 4.01. The van der Waals surface area contributed by atoms with Crippen molar-refractivity contribution in [3.8, 4) is 0 Å². The Hall–Kier alpha value is -1.27. The summed E-state index contributed by atoms with van der Waals surface area (Å²) in [6.07, 6.45) is 1.81. The van der Waals surface area contributed by atoms with Crippen molar-refractivity contribution in [3.63, 3.8) is 0 Å². The zero-order chi connectivity index (χ0) is 14.0. The molecule has 0 spiro atoms. The molecule has 2 heterocycles. The molecule has 6 heteroatoms. The normalized spacial score (nSPS) is 22.5. The van der Waals surface area contributed by atoms with Crippen molar-refractivity contribution < 1.29 is 19.1 Å². The third-order valence-corrected chi connectivity index (χ3v) is 4.49. The third-order valence-electron chi connectivity index (χ3n) is 3.09. The van der Waals surface area contributed by atoms with Gasteiger partial charge in [-0.05, 0) is 26.7 Å². The molecule has 0 saturated carbocycles. The van der Waals surface area contributed by atoms with Crippen molar-refractivity contribution in [2.75, 3.05) is 13.2 Å². The summed E-state index contributed by atoms with van der Waals surface area (Å²) in [6, 6.07) is 0. The van der Waals surface area contributed by atoms with Crippen LogP contribution in [0.3, 0.4) is 0 Å². The third kappa shape index (κ3) is 2.69. The summed E-state index contributed by atoms with van der Waals surface area (Å²) in [5.74, 6) is -0.717. The molecule has 0 aliphatic carbocycles. The van der Waals surface area contributed by atoms with Gasteiger partial charge in [0.25, 0.3) is 0 Å². The van der Waals surface area contributed by atoms with E-state index in [9.17, 15) is 9.59 Å². The lowest BCUT2D eigenvalue weighted by atomic mass is 10.0. The largest absolute Gasteiger partial charge is 0.461 e. The Labute approximate surface area is 115 Å². The number of carbonyl (C=O) groups excluding carboxylic acids is 2. The Balaban J connectivity index is 2.40.